The number of likely N-dealkylation sites (tertiary alicyclic amines) is 1. The van der Waals surface area contributed by atoms with Crippen molar-refractivity contribution in [3.63, 3.8) is 0 Å². The first kappa shape index (κ1) is 16.4. The van der Waals surface area contributed by atoms with Crippen molar-refractivity contribution in [2.75, 3.05) is 26.4 Å². The predicted molar refractivity (Wildman–Crippen MR) is 84.3 cm³/mol. The summed E-state index contributed by atoms with van der Waals surface area (Å²) in [5.74, 6) is -0.225. The molecule has 126 valence electrons. The maximum atomic E-state index is 12.5. The minimum absolute atomic E-state index is 0.0243. The third-order valence-corrected chi connectivity index (χ3v) is 8.49. The van der Waals surface area contributed by atoms with Gasteiger partial charge in [0, 0.05) is 32.2 Å². The topological polar surface area (TPSA) is 91.8 Å². The summed E-state index contributed by atoms with van der Waals surface area (Å²) in [6, 6.07) is 5.47. The molecule has 0 aliphatic carbocycles. The predicted octanol–water partition coefficient (Wildman–Crippen LogP) is -0.0516. The number of hydrogen-bond acceptors (Lipinski definition) is 5. The lowest BCUT2D eigenvalue weighted by molar-refractivity contribution is 0.0746. The quantitative estimate of drug-likeness (QED) is 0.755. The number of fused-ring (bicyclic) bond motifs is 2. The van der Waals surface area contributed by atoms with Crippen molar-refractivity contribution >= 4 is 25.8 Å². The highest BCUT2D eigenvalue weighted by molar-refractivity contribution is 7.92. The number of amides is 1. The van der Waals surface area contributed by atoms with Crippen LogP contribution in [0.15, 0.2) is 29.2 Å². The maximum Gasteiger partial charge on any atom is 0.254 e. The molecule has 0 spiro atoms. The highest BCUT2D eigenvalue weighted by Crippen LogP contribution is 2.33. The summed E-state index contributed by atoms with van der Waals surface area (Å²) in [5, 5.41) is -0.454. The van der Waals surface area contributed by atoms with Crippen LogP contribution in [0.1, 0.15) is 16.8 Å². The molecule has 0 aromatic heterocycles. The van der Waals surface area contributed by atoms with Gasteiger partial charge in [0.05, 0.1) is 15.9 Å². The Bertz CT molecular complexity index is 844. The Balaban J connectivity index is 1.80. The summed E-state index contributed by atoms with van der Waals surface area (Å²) >= 11 is 0. The van der Waals surface area contributed by atoms with E-state index < -0.39 is 25.1 Å². The molecule has 7 nitrogen and oxygen atoms in total. The molecule has 2 fully saturated rings. The molecule has 1 amide bonds. The van der Waals surface area contributed by atoms with E-state index in [1.165, 1.54) is 38.4 Å². The van der Waals surface area contributed by atoms with E-state index in [9.17, 15) is 21.6 Å². The van der Waals surface area contributed by atoms with Gasteiger partial charge < -0.3 is 4.90 Å². The van der Waals surface area contributed by atoms with Crippen molar-refractivity contribution in [1.29, 1.82) is 0 Å². The molecule has 2 unspecified atom stereocenters. The molecule has 3 rings (SSSR count). The Morgan fingerprint density at radius 2 is 1.83 bits per heavy atom. The summed E-state index contributed by atoms with van der Waals surface area (Å²) in [5.41, 5.74) is 0.368. The van der Waals surface area contributed by atoms with Crippen LogP contribution < -0.4 is 0 Å². The molecular weight excluding hydrogens is 340 g/mol. The van der Waals surface area contributed by atoms with Crippen molar-refractivity contribution in [2.45, 2.75) is 22.6 Å². The number of hydrogen-bond donors (Lipinski definition) is 0. The van der Waals surface area contributed by atoms with Gasteiger partial charge in [-0.2, -0.15) is 0 Å². The minimum Gasteiger partial charge on any atom is -0.333 e. The van der Waals surface area contributed by atoms with E-state index in [2.05, 4.69) is 0 Å². The van der Waals surface area contributed by atoms with Crippen molar-refractivity contribution < 1.29 is 21.6 Å². The van der Waals surface area contributed by atoms with Crippen molar-refractivity contribution in [1.82, 2.24) is 9.21 Å². The summed E-state index contributed by atoms with van der Waals surface area (Å²) < 4.78 is 48.6. The molecule has 0 saturated carbocycles. The molecule has 2 atom stereocenters. The molecule has 1 aromatic rings. The monoisotopic (exact) mass is 358 g/mol. The van der Waals surface area contributed by atoms with Crippen LogP contribution in [0.3, 0.4) is 0 Å². The minimum atomic E-state index is -3.53. The average Bonchev–Trinajstić information content (AvgIpc) is 3.02. The molecule has 0 N–H and O–H groups in total. The van der Waals surface area contributed by atoms with Crippen LogP contribution in [-0.4, -0.2) is 69.6 Å². The molecule has 2 bridgehead atoms. The molecule has 23 heavy (non-hydrogen) atoms. The molecule has 9 heteroatoms. The van der Waals surface area contributed by atoms with E-state index in [4.69, 9.17) is 0 Å². The van der Waals surface area contributed by atoms with Gasteiger partial charge >= 0.3 is 0 Å². The first-order valence-corrected chi connectivity index (χ1v) is 10.3. The Morgan fingerprint density at radius 3 is 2.26 bits per heavy atom. The summed E-state index contributed by atoms with van der Waals surface area (Å²) in [6.07, 6.45) is 0.501. The lowest BCUT2D eigenvalue weighted by atomic mass is 10.2. The fourth-order valence-corrected chi connectivity index (χ4v) is 6.02. The lowest BCUT2D eigenvalue weighted by Gasteiger charge is -2.27. The smallest absolute Gasteiger partial charge is 0.254 e. The number of carbonyl (C=O) groups excluding carboxylic acids is 1. The zero-order chi connectivity index (χ0) is 17.0. The fourth-order valence-electron chi connectivity index (χ4n) is 3.09. The van der Waals surface area contributed by atoms with Gasteiger partial charge in [0.15, 0.2) is 9.84 Å². The van der Waals surface area contributed by atoms with Crippen LogP contribution in [0.25, 0.3) is 0 Å². The van der Waals surface area contributed by atoms with Gasteiger partial charge in [-0.05, 0) is 30.7 Å². The van der Waals surface area contributed by atoms with E-state index in [1.807, 2.05) is 0 Å². The summed E-state index contributed by atoms with van der Waals surface area (Å²) in [4.78, 5) is 14.2. The highest BCUT2D eigenvalue weighted by Gasteiger charge is 2.50. The summed E-state index contributed by atoms with van der Waals surface area (Å²) in [7, 11) is -3.70. The fraction of sp³-hybridized carbons (Fsp3) is 0.500. The van der Waals surface area contributed by atoms with Gasteiger partial charge in [0.2, 0.25) is 10.0 Å². The van der Waals surface area contributed by atoms with E-state index in [0.29, 0.717) is 12.0 Å². The number of sulfone groups is 1. The Hall–Kier alpha value is -1.45. The van der Waals surface area contributed by atoms with Crippen LogP contribution in [0.2, 0.25) is 0 Å². The van der Waals surface area contributed by atoms with Crippen LogP contribution in [0, 0.1) is 0 Å². The molecule has 2 heterocycles. The molecular formula is C14H18N2O5S2. The Labute approximate surface area is 135 Å². The van der Waals surface area contributed by atoms with Crippen LogP contribution in [-0.2, 0) is 19.9 Å². The second-order valence-electron chi connectivity index (χ2n) is 6.11. The Morgan fingerprint density at radius 1 is 1.22 bits per heavy atom. The number of benzene rings is 1. The zero-order valence-corrected chi connectivity index (χ0v) is 14.5. The number of carbonyl (C=O) groups is 1. The SMILES string of the molecule is CN(C)S(=O)(=O)c1ccc(C(=O)N2CC3CC2CS3(=O)=O)cc1. The third-order valence-electron chi connectivity index (χ3n) is 4.45. The molecule has 2 aliphatic rings. The van der Waals surface area contributed by atoms with Crippen LogP contribution >= 0.6 is 0 Å². The zero-order valence-electron chi connectivity index (χ0n) is 12.8. The number of sulfonamides is 1. The highest BCUT2D eigenvalue weighted by atomic mass is 32.2. The van der Waals surface area contributed by atoms with Crippen molar-refractivity contribution in [3.8, 4) is 0 Å². The van der Waals surface area contributed by atoms with Gasteiger partial charge in [-0.15, -0.1) is 0 Å². The first-order chi connectivity index (χ1) is 10.6. The van der Waals surface area contributed by atoms with Gasteiger partial charge in [-0.25, -0.2) is 21.1 Å². The van der Waals surface area contributed by atoms with E-state index >= 15 is 0 Å². The maximum absolute atomic E-state index is 12.5. The molecule has 1 aromatic carbocycles. The second kappa shape index (κ2) is 5.29. The van der Waals surface area contributed by atoms with Crippen LogP contribution in [0.4, 0.5) is 0 Å². The van der Waals surface area contributed by atoms with E-state index in [1.54, 1.807) is 4.90 Å². The van der Waals surface area contributed by atoms with E-state index in [0.717, 1.165) is 4.31 Å². The lowest BCUT2D eigenvalue weighted by Crippen LogP contribution is -2.44. The third kappa shape index (κ3) is 2.66. The molecule has 0 radical (unpaired) electrons. The van der Waals surface area contributed by atoms with Crippen molar-refractivity contribution in [2.24, 2.45) is 0 Å². The van der Waals surface area contributed by atoms with E-state index in [-0.39, 0.29) is 29.1 Å². The van der Waals surface area contributed by atoms with Crippen LogP contribution in [0.5, 0.6) is 0 Å². The second-order valence-corrected chi connectivity index (χ2v) is 10.6. The van der Waals surface area contributed by atoms with Gasteiger partial charge in [-0.3, -0.25) is 4.79 Å². The van der Waals surface area contributed by atoms with Gasteiger partial charge in [0.1, 0.15) is 0 Å². The van der Waals surface area contributed by atoms with Crippen molar-refractivity contribution in [3.05, 3.63) is 29.8 Å². The molecule has 2 saturated heterocycles. The largest absolute Gasteiger partial charge is 0.333 e. The average molecular weight is 358 g/mol. The standard InChI is InChI=1S/C14H18N2O5S2/c1-15(2)23(20,21)12-5-3-10(4-6-12)14(17)16-8-13-7-11(16)9-22(13,18)19/h3-6,11,13H,7-9H2,1-2H3. The summed E-state index contributed by atoms with van der Waals surface area (Å²) in [6.45, 7) is 0.226. The number of nitrogens with zero attached hydrogens (tertiary/aromatic N) is 2. The Kier molecular flexibility index (Phi) is 3.77. The first-order valence-electron chi connectivity index (χ1n) is 7.18. The normalized spacial score (nSPS) is 26.0. The van der Waals surface area contributed by atoms with Gasteiger partial charge in [0.25, 0.3) is 5.91 Å². The number of rotatable bonds is 3. The molecule has 2 aliphatic heterocycles. The van der Waals surface area contributed by atoms with Gasteiger partial charge in [-0.1, -0.05) is 0 Å².